The quantitative estimate of drug-likeness (QED) is 0.772. The van der Waals surface area contributed by atoms with Gasteiger partial charge in [0.25, 0.3) is 0 Å². The van der Waals surface area contributed by atoms with Gasteiger partial charge in [0.05, 0.1) is 0 Å². The molecule has 0 aliphatic heterocycles. The smallest absolute Gasteiger partial charge is 0.121 e. The van der Waals surface area contributed by atoms with Crippen molar-refractivity contribution in [3.63, 3.8) is 0 Å². The molecule has 0 aliphatic rings. The maximum atomic E-state index is 5.69. The molecule has 0 radical (unpaired) electrons. The number of nitrogens with zero attached hydrogens (tertiary/aromatic N) is 1. The van der Waals surface area contributed by atoms with E-state index < -0.39 is 0 Å². The van der Waals surface area contributed by atoms with E-state index in [0.717, 1.165) is 24.4 Å². The molecule has 0 atom stereocenters. The first kappa shape index (κ1) is 13.8. The summed E-state index contributed by atoms with van der Waals surface area (Å²) in [5.74, 6) is 0.840. The monoisotopic (exact) mass is 236 g/mol. The summed E-state index contributed by atoms with van der Waals surface area (Å²) in [7, 11) is 2.13. The molecule has 17 heavy (non-hydrogen) atoms. The van der Waals surface area contributed by atoms with Crippen LogP contribution in [0.15, 0.2) is 24.3 Å². The first-order chi connectivity index (χ1) is 7.95. The van der Waals surface area contributed by atoms with Gasteiger partial charge in [0.15, 0.2) is 0 Å². The number of rotatable bonds is 6. The van der Waals surface area contributed by atoms with Crippen LogP contribution in [-0.2, 0) is 0 Å². The maximum Gasteiger partial charge on any atom is 0.121 e. The summed E-state index contributed by atoms with van der Waals surface area (Å²) >= 11 is 0. The predicted octanol–water partition coefficient (Wildman–Crippen LogP) is 2.77. The topological polar surface area (TPSA) is 38.5 Å². The number of ether oxygens (including phenoxy) is 1. The minimum absolute atomic E-state index is 0.221. The van der Waals surface area contributed by atoms with Gasteiger partial charge in [-0.1, -0.05) is 13.0 Å². The molecule has 0 spiro atoms. The minimum Gasteiger partial charge on any atom is -0.492 e. The van der Waals surface area contributed by atoms with Crippen molar-refractivity contribution >= 4 is 5.69 Å². The fourth-order valence-electron chi connectivity index (χ4n) is 1.48. The SMILES string of the molecule is CCC(C)(C)N(C)CCOc1cccc(N)c1. The van der Waals surface area contributed by atoms with Crippen molar-refractivity contribution in [2.24, 2.45) is 0 Å². The van der Waals surface area contributed by atoms with Crippen molar-refractivity contribution in [1.82, 2.24) is 4.90 Å². The van der Waals surface area contributed by atoms with E-state index in [-0.39, 0.29) is 5.54 Å². The Hall–Kier alpha value is -1.22. The second-order valence-corrected chi connectivity index (χ2v) is 5.01. The molecule has 0 amide bonds. The normalized spacial score (nSPS) is 11.8. The van der Waals surface area contributed by atoms with Gasteiger partial charge in [0.1, 0.15) is 12.4 Å². The van der Waals surface area contributed by atoms with Crippen LogP contribution in [0.5, 0.6) is 5.75 Å². The maximum absolute atomic E-state index is 5.69. The van der Waals surface area contributed by atoms with Gasteiger partial charge in [-0.3, -0.25) is 4.90 Å². The Labute approximate surface area is 105 Å². The van der Waals surface area contributed by atoms with Gasteiger partial charge in [-0.2, -0.15) is 0 Å². The van der Waals surface area contributed by atoms with Crippen molar-refractivity contribution in [2.75, 3.05) is 25.9 Å². The third kappa shape index (κ3) is 4.27. The summed E-state index contributed by atoms with van der Waals surface area (Å²) < 4.78 is 5.68. The van der Waals surface area contributed by atoms with Crippen molar-refractivity contribution in [3.8, 4) is 5.75 Å². The van der Waals surface area contributed by atoms with E-state index in [1.165, 1.54) is 0 Å². The molecular weight excluding hydrogens is 212 g/mol. The molecule has 0 fully saturated rings. The highest BCUT2D eigenvalue weighted by Gasteiger charge is 2.20. The molecule has 0 saturated carbocycles. The molecule has 1 aromatic rings. The molecule has 0 aliphatic carbocycles. The van der Waals surface area contributed by atoms with E-state index in [1.807, 2.05) is 24.3 Å². The van der Waals surface area contributed by atoms with Gasteiger partial charge in [-0.15, -0.1) is 0 Å². The third-order valence-electron chi connectivity index (χ3n) is 3.45. The Morgan fingerprint density at radius 1 is 1.35 bits per heavy atom. The lowest BCUT2D eigenvalue weighted by molar-refractivity contribution is 0.125. The summed E-state index contributed by atoms with van der Waals surface area (Å²) in [5.41, 5.74) is 6.65. The number of hydrogen-bond donors (Lipinski definition) is 1. The molecule has 2 N–H and O–H groups in total. The van der Waals surface area contributed by atoms with E-state index in [4.69, 9.17) is 10.5 Å². The molecule has 0 bridgehead atoms. The summed E-state index contributed by atoms with van der Waals surface area (Å²) in [6.07, 6.45) is 1.13. The number of likely N-dealkylation sites (N-methyl/N-ethyl adjacent to an activating group) is 1. The number of benzene rings is 1. The highest BCUT2D eigenvalue weighted by Crippen LogP contribution is 2.17. The molecule has 3 nitrogen and oxygen atoms in total. The highest BCUT2D eigenvalue weighted by atomic mass is 16.5. The zero-order chi connectivity index (χ0) is 12.9. The van der Waals surface area contributed by atoms with E-state index in [2.05, 4.69) is 32.7 Å². The van der Waals surface area contributed by atoms with Gasteiger partial charge in [-0.05, 0) is 39.4 Å². The Morgan fingerprint density at radius 3 is 2.65 bits per heavy atom. The number of nitrogen functional groups attached to an aromatic ring is 1. The fraction of sp³-hybridized carbons (Fsp3) is 0.571. The lowest BCUT2D eigenvalue weighted by Gasteiger charge is -2.34. The fourth-order valence-corrected chi connectivity index (χ4v) is 1.48. The van der Waals surface area contributed by atoms with Crippen LogP contribution in [0.1, 0.15) is 27.2 Å². The summed E-state index contributed by atoms with van der Waals surface area (Å²) in [4.78, 5) is 2.32. The van der Waals surface area contributed by atoms with Gasteiger partial charge in [-0.25, -0.2) is 0 Å². The molecule has 0 aromatic heterocycles. The van der Waals surface area contributed by atoms with Crippen molar-refractivity contribution < 1.29 is 4.74 Å². The van der Waals surface area contributed by atoms with Crippen LogP contribution < -0.4 is 10.5 Å². The number of hydrogen-bond acceptors (Lipinski definition) is 3. The predicted molar refractivity (Wildman–Crippen MR) is 73.3 cm³/mol. The molecular formula is C14H24N2O. The molecule has 3 heteroatoms. The average molecular weight is 236 g/mol. The molecule has 1 rings (SSSR count). The van der Waals surface area contributed by atoms with Gasteiger partial charge < -0.3 is 10.5 Å². The first-order valence-corrected chi connectivity index (χ1v) is 6.15. The van der Waals surface area contributed by atoms with Crippen LogP contribution in [0.2, 0.25) is 0 Å². The van der Waals surface area contributed by atoms with E-state index in [1.54, 1.807) is 0 Å². The van der Waals surface area contributed by atoms with Gasteiger partial charge >= 0.3 is 0 Å². The number of anilines is 1. The molecule has 0 saturated heterocycles. The first-order valence-electron chi connectivity index (χ1n) is 6.15. The molecule has 1 aromatic carbocycles. The Bertz CT molecular complexity index is 350. The number of nitrogens with two attached hydrogens (primary N) is 1. The zero-order valence-corrected chi connectivity index (χ0v) is 11.4. The van der Waals surface area contributed by atoms with Gasteiger partial charge in [0.2, 0.25) is 0 Å². The van der Waals surface area contributed by atoms with Crippen LogP contribution in [0, 0.1) is 0 Å². The second-order valence-electron chi connectivity index (χ2n) is 5.01. The largest absolute Gasteiger partial charge is 0.492 e. The van der Waals surface area contributed by atoms with Crippen LogP contribution in [0.4, 0.5) is 5.69 Å². The van der Waals surface area contributed by atoms with Crippen molar-refractivity contribution in [3.05, 3.63) is 24.3 Å². The van der Waals surface area contributed by atoms with Gasteiger partial charge in [0, 0.05) is 23.8 Å². The second kappa shape index (κ2) is 5.92. The van der Waals surface area contributed by atoms with Crippen LogP contribution in [-0.4, -0.2) is 30.6 Å². The molecule has 0 heterocycles. The lowest BCUT2D eigenvalue weighted by Crippen LogP contribution is -2.42. The Kier molecular flexibility index (Phi) is 4.82. The standard InChI is InChI=1S/C14H24N2O/c1-5-14(2,3)16(4)9-10-17-13-8-6-7-12(15)11-13/h6-8,11H,5,9-10,15H2,1-4H3. The summed E-state index contributed by atoms with van der Waals surface area (Å²) in [6, 6.07) is 7.55. The zero-order valence-electron chi connectivity index (χ0n) is 11.4. The summed E-state index contributed by atoms with van der Waals surface area (Å²) in [6.45, 7) is 8.29. The van der Waals surface area contributed by atoms with Crippen LogP contribution in [0.25, 0.3) is 0 Å². The molecule has 0 unspecified atom stereocenters. The van der Waals surface area contributed by atoms with E-state index in [0.29, 0.717) is 6.61 Å². The van der Waals surface area contributed by atoms with E-state index in [9.17, 15) is 0 Å². The van der Waals surface area contributed by atoms with Crippen molar-refractivity contribution in [2.45, 2.75) is 32.7 Å². The van der Waals surface area contributed by atoms with Crippen LogP contribution >= 0.6 is 0 Å². The highest BCUT2D eigenvalue weighted by molar-refractivity contribution is 5.43. The average Bonchev–Trinajstić information content (AvgIpc) is 2.29. The van der Waals surface area contributed by atoms with Crippen LogP contribution in [0.3, 0.4) is 0 Å². The Morgan fingerprint density at radius 2 is 2.06 bits per heavy atom. The van der Waals surface area contributed by atoms with E-state index >= 15 is 0 Å². The van der Waals surface area contributed by atoms with Crippen molar-refractivity contribution in [1.29, 1.82) is 0 Å². The Balaban J connectivity index is 2.38. The summed E-state index contributed by atoms with van der Waals surface area (Å²) in [5, 5.41) is 0. The molecule has 96 valence electrons. The lowest BCUT2D eigenvalue weighted by atomic mass is 10.0. The minimum atomic E-state index is 0.221. The third-order valence-corrected chi connectivity index (χ3v) is 3.45.